The smallest absolute Gasteiger partial charge is 0.315 e. The van der Waals surface area contributed by atoms with Crippen LogP contribution in [0.25, 0.3) is 10.9 Å². The van der Waals surface area contributed by atoms with Crippen LogP contribution in [0.15, 0.2) is 41.1 Å². The molecule has 0 spiro atoms. The molecular weight excluding hydrogens is 416 g/mol. The Kier molecular flexibility index (Phi) is 5.33. The molecule has 162 valence electrons. The number of amides is 3. The van der Waals surface area contributed by atoms with Gasteiger partial charge in [0.25, 0.3) is 11.8 Å². The number of nitrogens with one attached hydrogen (secondary N) is 2. The number of benzene rings is 1. The van der Waals surface area contributed by atoms with Crippen molar-refractivity contribution in [1.82, 2.24) is 30.2 Å². The number of carbonyl (C=O) groups is 3. The van der Waals surface area contributed by atoms with E-state index in [1.165, 1.54) is 17.8 Å². The van der Waals surface area contributed by atoms with Crippen LogP contribution in [0, 0.1) is 6.92 Å². The van der Waals surface area contributed by atoms with Crippen LogP contribution in [0.3, 0.4) is 0 Å². The average Bonchev–Trinajstić information content (AvgIpc) is 3.38. The zero-order valence-corrected chi connectivity index (χ0v) is 17.1. The van der Waals surface area contributed by atoms with Crippen LogP contribution < -0.4 is 16.4 Å². The van der Waals surface area contributed by atoms with E-state index in [4.69, 9.17) is 10.3 Å². The number of hydrogen-bond acceptors (Lipinski definition) is 8. The Balaban J connectivity index is 1.58. The topological polar surface area (TPSA) is 171 Å². The zero-order chi connectivity index (χ0) is 22.8. The number of aryl methyl sites for hydroxylation is 1. The van der Waals surface area contributed by atoms with Crippen LogP contribution in [0.1, 0.15) is 43.1 Å². The van der Waals surface area contributed by atoms with E-state index >= 15 is 0 Å². The van der Waals surface area contributed by atoms with E-state index in [2.05, 4.69) is 30.9 Å². The Morgan fingerprint density at radius 2 is 1.94 bits per heavy atom. The minimum Gasteiger partial charge on any atom is -0.364 e. The molecule has 3 aromatic heterocycles. The van der Waals surface area contributed by atoms with Crippen LogP contribution in [0.2, 0.25) is 0 Å². The van der Waals surface area contributed by atoms with Crippen molar-refractivity contribution in [1.29, 1.82) is 0 Å². The minimum atomic E-state index is -0.731. The highest BCUT2D eigenvalue weighted by molar-refractivity contribution is 6.13. The van der Waals surface area contributed by atoms with Gasteiger partial charge in [0.15, 0.2) is 5.82 Å². The number of carbonyl (C=O) groups excluding carboxylic acids is 3. The molecule has 0 unspecified atom stereocenters. The molecular formula is C20H18N8O4. The number of nitrogens with two attached hydrogens (primary N) is 1. The van der Waals surface area contributed by atoms with Crippen molar-refractivity contribution in [3.63, 3.8) is 0 Å². The first-order chi connectivity index (χ1) is 15.4. The molecule has 12 heteroatoms. The third kappa shape index (κ3) is 4.01. The van der Waals surface area contributed by atoms with E-state index in [9.17, 15) is 14.4 Å². The van der Waals surface area contributed by atoms with Gasteiger partial charge in [0.05, 0.1) is 22.5 Å². The molecule has 0 atom stereocenters. The summed E-state index contributed by atoms with van der Waals surface area (Å²) in [6.07, 6.45) is 1.60. The fraction of sp³-hybridized carbons (Fsp3) is 0.150. The van der Waals surface area contributed by atoms with E-state index in [1.807, 2.05) is 0 Å². The van der Waals surface area contributed by atoms with Gasteiger partial charge in [0.1, 0.15) is 12.2 Å². The van der Waals surface area contributed by atoms with Gasteiger partial charge in [0, 0.05) is 18.6 Å². The average molecular weight is 434 g/mol. The summed E-state index contributed by atoms with van der Waals surface area (Å²) >= 11 is 0. The third-order valence-corrected chi connectivity index (χ3v) is 4.60. The lowest BCUT2D eigenvalue weighted by Crippen LogP contribution is -2.18. The number of fused-ring (bicyclic) bond motifs is 1. The first kappa shape index (κ1) is 20.7. The highest BCUT2D eigenvalue weighted by Gasteiger charge is 2.18. The van der Waals surface area contributed by atoms with Crippen molar-refractivity contribution in [2.75, 3.05) is 12.4 Å². The van der Waals surface area contributed by atoms with Crippen molar-refractivity contribution in [2.45, 2.75) is 13.5 Å². The van der Waals surface area contributed by atoms with Crippen molar-refractivity contribution in [3.05, 3.63) is 65.2 Å². The lowest BCUT2D eigenvalue weighted by atomic mass is 10.1. The molecule has 3 heterocycles. The van der Waals surface area contributed by atoms with E-state index in [0.29, 0.717) is 22.3 Å². The standard InChI is InChI=1S/C20H18N8O4/c1-10-15(8-28(26-10)9-16-25-20(32-27-16)19(31)22-2)24-18(30)12-7-14(17(21)29)23-13-6-4-3-5-11(12)13/h3-8H,9H2,1-2H3,(H2,21,29)(H,22,31)(H,24,30). The molecule has 0 aliphatic heterocycles. The van der Waals surface area contributed by atoms with E-state index < -0.39 is 17.7 Å². The molecule has 0 bridgehead atoms. The highest BCUT2D eigenvalue weighted by Crippen LogP contribution is 2.21. The minimum absolute atomic E-state index is 0.00899. The first-order valence-electron chi connectivity index (χ1n) is 9.45. The van der Waals surface area contributed by atoms with E-state index in [1.54, 1.807) is 37.4 Å². The van der Waals surface area contributed by atoms with Crippen molar-refractivity contribution >= 4 is 34.3 Å². The predicted octanol–water partition coefficient (Wildman–Crippen LogP) is 0.882. The van der Waals surface area contributed by atoms with Crippen LogP contribution in [-0.4, -0.2) is 49.7 Å². The Bertz CT molecular complexity index is 1360. The normalized spacial score (nSPS) is 10.8. The Morgan fingerprint density at radius 1 is 1.16 bits per heavy atom. The maximum atomic E-state index is 13.0. The second-order valence-electron chi connectivity index (χ2n) is 6.81. The first-order valence-corrected chi connectivity index (χ1v) is 9.45. The summed E-state index contributed by atoms with van der Waals surface area (Å²) in [4.78, 5) is 44.4. The van der Waals surface area contributed by atoms with Gasteiger partial charge >= 0.3 is 11.8 Å². The maximum absolute atomic E-state index is 13.0. The van der Waals surface area contributed by atoms with Gasteiger partial charge in [-0.3, -0.25) is 19.1 Å². The lowest BCUT2D eigenvalue weighted by molar-refractivity contribution is 0.0918. The molecule has 4 N–H and O–H groups in total. The van der Waals surface area contributed by atoms with Gasteiger partial charge in [-0.1, -0.05) is 23.4 Å². The quantitative estimate of drug-likeness (QED) is 0.401. The van der Waals surface area contributed by atoms with Crippen LogP contribution >= 0.6 is 0 Å². The number of anilines is 1. The summed E-state index contributed by atoms with van der Waals surface area (Å²) < 4.78 is 6.40. The Labute approximate surface area is 180 Å². The van der Waals surface area contributed by atoms with Gasteiger partial charge in [0.2, 0.25) is 0 Å². The second kappa shape index (κ2) is 8.26. The third-order valence-electron chi connectivity index (χ3n) is 4.60. The van der Waals surface area contributed by atoms with Crippen LogP contribution in [-0.2, 0) is 6.54 Å². The fourth-order valence-corrected chi connectivity index (χ4v) is 3.06. The van der Waals surface area contributed by atoms with Gasteiger partial charge in [-0.2, -0.15) is 10.1 Å². The molecule has 0 saturated heterocycles. The lowest BCUT2D eigenvalue weighted by Gasteiger charge is -2.08. The maximum Gasteiger partial charge on any atom is 0.315 e. The summed E-state index contributed by atoms with van der Waals surface area (Å²) in [5.74, 6) is -1.58. The second-order valence-corrected chi connectivity index (χ2v) is 6.81. The van der Waals surface area contributed by atoms with Gasteiger partial charge < -0.3 is 20.9 Å². The number of pyridine rings is 1. The van der Waals surface area contributed by atoms with Gasteiger partial charge in [-0.05, 0) is 19.1 Å². The number of aromatic nitrogens is 5. The molecule has 32 heavy (non-hydrogen) atoms. The Morgan fingerprint density at radius 3 is 2.69 bits per heavy atom. The monoisotopic (exact) mass is 434 g/mol. The molecule has 0 saturated carbocycles. The molecule has 0 aliphatic carbocycles. The number of nitrogens with zero attached hydrogens (tertiary/aromatic N) is 5. The molecule has 0 fully saturated rings. The summed E-state index contributed by atoms with van der Waals surface area (Å²) in [5.41, 5.74) is 7.08. The molecule has 4 rings (SSSR count). The molecule has 1 aromatic carbocycles. The van der Waals surface area contributed by atoms with Crippen molar-refractivity contribution < 1.29 is 18.9 Å². The van der Waals surface area contributed by atoms with Crippen LogP contribution in [0.4, 0.5) is 5.69 Å². The predicted molar refractivity (Wildman–Crippen MR) is 112 cm³/mol. The fourth-order valence-electron chi connectivity index (χ4n) is 3.06. The largest absolute Gasteiger partial charge is 0.364 e. The van der Waals surface area contributed by atoms with E-state index in [0.717, 1.165) is 0 Å². The number of para-hydroxylation sites is 1. The number of hydrogen-bond donors (Lipinski definition) is 3. The molecule has 12 nitrogen and oxygen atoms in total. The SMILES string of the molecule is CNC(=O)c1nc(Cn2cc(NC(=O)c3cc(C(N)=O)nc4ccccc34)c(C)n2)no1. The van der Waals surface area contributed by atoms with Gasteiger partial charge in [-0.15, -0.1) is 0 Å². The summed E-state index contributed by atoms with van der Waals surface area (Å²) in [6, 6.07) is 8.31. The van der Waals surface area contributed by atoms with Crippen molar-refractivity contribution in [3.8, 4) is 0 Å². The number of primary amides is 1. The molecule has 0 aliphatic rings. The number of rotatable bonds is 6. The molecule has 0 radical (unpaired) electrons. The van der Waals surface area contributed by atoms with Crippen LogP contribution in [0.5, 0.6) is 0 Å². The highest BCUT2D eigenvalue weighted by atomic mass is 16.5. The summed E-state index contributed by atoms with van der Waals surface area (Å²) in [6.45, 7) is 1.85. The van der Waals surface area contributed by atoms with Crippen molar-refractivity contribution in [2.24, 2.45) is 5.73 Å². The van der Waals surface area contributed by atoms with Gasteiger partial charge in [-0.25, -0.2) is 4.98 Å². The molecule has 4 aromatic rings. The zero-order valence-electron chi connectivity index (χ0n) is 17.1. The summed E-state index contributed by atoms with van der Waals surface area (Å²) in [5, 5.41) is 13.8. The molecule has 3 amide bonds. The van der Waals surface area contributed by atoms with E-state index in [-0.39, 0.29) is 29.5 Å². The Hall–Kier alpha value is -4.61. The summed E-state index contributed by atoms with van der Waals surface area (Å²) in [7, 11) is 1.45.